The molecule has 2 aliphatic rings. The van der Waals surface area contributed by atoms with Crippen LogP contribution in [0.4, 0.5) is 0 Å². The van der Waals surface area contributed by atoms with Crippen LogP contribution in [0.2, 0.25) is 0 Å². The lowest BCUT2D eigenvalue weighted by atomic mass is 9.72. The van der Waals surface area contributed by atoms with E-state index in [4.69, 9.17) is 0 Å². The minimum absolute atomic E-state index is 0.200. The molecule has 2 atom stereocenters. The van der Waals surface area contributed by atoms with Gasteiger partial charge < -0.3 is 9.90 Å². The maximum absolute atomic E-state index is 11.8. The third-order valence-corrected chi connectivity index (χ3v) is 4.94. The molecular weight excluding hydrogens is 238 g/mol. The standard InChI is InChI=1S/C16H19NO2/c1-17-14(12-7-3-2-4-8-12)11-13-9-5-6-10-16(13,17)15(18)19/h2-4,7-8,13H,5-6,9-11H2,1H3/t13-,16-/m0/s1. The number of carbonyl (C=O) groups is 1. The second-order valence-corrected chi connectivity index (χ2v) is 5.73. The number of benzene rings is 1. The molecule has 100 valence electrons. The number of rotatable bonds is 2. The van der Waals surface area contributed by atoms with Crippen LogP contribution in [0.25, 0.3) is 0 Å². The molecule has 1 aromatic carbocycles. The lowest BCUT2D eigenvalue weighted by Crippen LogP contribution is -2.58. The molecule has 1 heterocycles. The fourth-order valence-electron chi connectivity index (χ4n) is 3.90. The van der Waals surface area contributed by atoms with Crippen molar-refractivity contribution in [2.75, 3.05) is 7.05 Å². The number of carbonyl (C=O) groups excluding carboxylic acids is 1. The molecule has 1 aliphatic heterocycles. The van der Waals surface area contributed by atoms with Gasteiger partial charge in [0.1, 0.15) is 13.0 Å². The molecule has 0 bridgehead atoms. The second kappa shape index (κ2) is 4.48. The van der Waals surface area contributed by atoms with E-state index in [9.17, 15) is 9.90 Å². The van der Waals surface area contributed by atoms with Crippen molar-refractivity contribution in [3.05, 3.63) is 35.9 Å². The normalized spacial score (nSPS) is 30.3. The summed E-state index contributed by atoms with van der Waals surface area (Å²) in [6, 6.07) is 10.1. The Kier molecular flexibility index (Phi) is 2.92. The van der Waals surface area contributed by atoms with Crippen LogP contribution >= 0.6 is 0 Å². The van der Waals surface area contributed by atoms with Gasteiger partial charge in [-0.05, 0) is 25.0 Å². The van der Waals surface area contributed by atoms with Crippen molar-refractivity contribution in [1.82, 2.24) is 0 Å². The smallest absolute Gasteiger partial charge is 0.205 e. The number of fused-ring (bicyclic) bond motifs is 1. The van der Waals surface area contributed by atoms with Crippen molar-refractivity contribution in [1.29, 1.82) is 0 Å². The van der Waals surface area contributed by atoms with Crippen LogP contribution in [-0.4, -0.2) is 28.8 Å². The number of carboxylic acid groups (broad SMARTS) is 1. The first-order valence-electron chi connectivity index (χ1n) is 7.03. The summed E-state index contributed by atoms with van der Waals surface area (Å²) in [7, 11) is 1.92. The Labute approximate surface area is 113 Å². The number of carboxylic acids is 1. The molecule has 1 aliphatic carbocycles. The number of likely N-dealkylation sites (N-methyl/N-ethyl adjacent to an activating group) is 1. The Bertz CT molecular complexity index is 535. The summed E-state index contributed by atoms with van der Waals surface area (Å²) < 4.78 is 1.99. The van der Waals surface area contributed by atoms with E-state index in [2.05, 4.69) is 12.1 Å². The highest BCUT2D eigenvalue weighted by Gasteiger charge is 2.56. The van der Waals surface area contributed by atoms with E-state index in [1.165, 1.54) is 0 Å². The van der Waals surface area contributed by atoms with Crippen molar-refractivity contribution in [3.63, 3.8) is 0 Å². The summed E-state index contributed by atoms with van der Waals surface area (Å²) in [5.74, 6) is -0.697. The third-order valence-electron chi connectivity index (χ3n) is 4.94. The van der Waals surface area contributed by atoms with Gasteiger partial charge in [-0.3, -0.25) is 0 Å². The first-order valence-corrected chi connectivity index (χ1v) is 7.03. The topological polar surface area (TPSA) is 43.1 Å². The van der Waals surface area contributed by atoms with Crippen molar-refractivity contribution in [2.24, 2.45) is 5.92 Å². The summed E-state index contributed by atoms with van der Waals surface area (Å²) in [5, 5.41) is 11.8. The first kappa shape index (κ1) is 12.4. The van der Waals surface area contributed by atoms with E-state index >= 15 is 0 Å². The van der Waals surface area contributed by atoms with Gasteiger partial charge in [0.2, 0.25) is 5.54 Å². The highest BCUT2D eigenvalue weighted by atomic mass is 16.4. The molecule has 0 radical (unpaired) electrons. The summed E-state index contributed by atoms with van der Waals surface area (Å²) >= 11 is 0. The Balaban J connectivity index is 2.09. The van der Waals surface area contributed by atoms with Gasteiger partial charge in [-0.1, -0.05) is 24.6 Å². The lowest BCUT2D eigenvalue weighted by molar-refractivity contribution is -0.583. The number of aliphatic carboxylic acids is 1. The molecule has 0 unspecified atom stereocenters. The molecule has 1 saturated carbocycles. The SMILES string of the molecule is C[N+]1=C(c2ccccc2)C[C@@H]2CCCC[C@@]21C(=O)[O-]. The first-order chi connectivity index (χ1) is 9.16. The van der Waals surface area contributed by atoms with E-state index in [0.717, 1.165) is 37.0 Å². The summed E-state index contributed by atoms with van der Waals surface area (Å²) in [4.78, 5) is 11.8. The predicted octanol–water partition coefficient (Wildman–Crippen LogP) is 1.20. The zero-order valence-electron chi connectivity index (χ0n) is 11.3. The van der Waals surface area contributed by atoms with Crippen molar-refractivity contribution >= 4 is 11.7 Å². The van der Waals surface area contributed by atoms with Crippen LogP contribution < -0.4 is 5.11 Å². The van der Waals surface area contributed by atoms with Crippen molar-refractivity contribution in [3.8, 4) is 0 Å². The Hall–Kier alpha value is -1.64. The van der Waals surface area contributed by atoms with Gasteiger partial charge >= 0.3 is 0 Å². The van der Waals surface area contributed by atoms with Crippen LogP contribution in [0.15, 0.2) is 30.3 Å². The molecule has 1 aromatic rings. The van der Waals surface area contributed by atoms with Gasteiger partial charge in [-0.25, -0.2) is 4.58 Å². The highest BCUT2D eigenvalue weighted by Crippen LogP contribution is 2.43. The quantitative estimate of drug-likeness (QED) is 0.747. The fourth-order valence-corrected chi connectivity index (χ4v) is 3.90. The van der Waals surface area contributed by atoms with Crippen LogP contribution in [-0.2, 0) is 4.79 Å². The summed E-state index contributed by atoms with van der Waals surface area (Å²) in [5.41, 5.74) is 1.51. The minimum atomic E-state index is -0.898. The van der Waals surface area contributed by atoms with E-state index in [0.29, 0.717) is 6.42 Å². The molecule has 0 amide bonds. The van der Waals surface area contributed by atoms with Crippen LogP contribution in [0.5, 0.6) is 0 Å². The minimum Gasteiger partial charge on any atom is -0.543 e. The van der Waals surface area contributed by atoms with Crippen LogP contribution in [0.3, 0.4) is 0 Å². The zero-order chi connectivity index (χ0) is 13.5. The molecule has 0 aromatic heterocycles. The fraction of sp³-hybridized carbons (Fsp3) is 0.500. The molecular formula is C16H19NO2. The van der Waals surface area contributed by atoms with Gasteiger partial charge in [-0.2, -0.15) is 0 Å². The van der Waals surface area contributed by atoms with Gasteiger partial charge in [-0.15, -0.1) is 0 Å². The van der Waals surface area contributed by atoms with E-state index in [1.807, 2.05) is 29.8 Å². The average Bonchev–Trinajstić information content (AvgIpc) is 2.75. The molecule has 3 heteroatoms. The maximum atomic E-state index is 11.8. The predicted molar refractivity (Wildman–Crippen MR) is 71.0 cm³/mol. The van der Waals surface area contributed by atoms with E-state index in [-0.39, 0.29) is 5.92 Å². The second-order valence-electron chi connectivity index (χ2n) is 5.73. The summed E-state index contributed by atoms with van der Waals surface area (Å²) in [6.07, 6.45) is 4.68. The van der Waals surface area contributed by atoms with Crippen molar-refractivity contribution < 1.29 is 14.5 Å². The number of hydrogen-bond donors (Lipinski definition) is 0. The zero-order valence-corrected chi connectivity index (χ0v) is 11.3. The van der Waals surface area contributed by atoms with Gasteiger partial charge in [0.05, 0.1) is 0 Å². The molecule has 1 fully saturated rings. The Morgan fingerprint density at radius 2 is 2.05 bits per heavy atom. The molecule has 0 saturated heterocycles. The molecule has 19 heavy (non-hydrogen) atoms. The summed E-state index contributed by atoms with van der Waals surface area (Å²) in [6.45, 7) is 0. The van der Waals surface area contributed by atoms with Crippen molar-refractivity contribution in [2.45, 2.75) is 37.6 Å². The number of nitrogens with zero attached hydrogens (tertiary/aromatic N) is 1. The molecule has 3 nitrogen and oxygen atoms in total. The lowest BCUT2D eigenvalue weighted by Gasteiger charge is -2.36. The monoisotopic (exact) mass is 257 g/mol. The van der Waals surface area contributed by atoms with E-state index in [1.54, 1.807) is 0 Å². The molecule has 3 rings (SSSR count). The van der Waals surface area contributed by atoms with Gasteiger partial charge in [0.15, 0.2) is 5.71 Å². The Morgan fingerprint density at radius 1 is 1.32 bits per heavy atom. The van der Waals surface area contributed by atoms with Gasteiger partial charge in [0, 0.05) is 24.3 Å². The Morgan fingerprint density at radius 3 is 2.68 bits per heavy atom. The number of hydrogen-bond acceptors (Lipinski definition) is 2. The highest BCUT2D eigenvalue weighted by molar-refractivity contribution is 5.99. The molecule has 0 spiro atoms. The largest absolute Gasteiger partial charge is 0.543 e. The molecule has 0 N–H and O–H groups in total. The maximum Gasteiger partial charge on any atom is 0.205 e. The van der Waals surface area contributed by atoms with Crippen LogP contribution in [0, 0.1) is 5.92 Å². The van der Waals surface area contributed by atoms with E-state index < -0.39 is 11.5 Å². The third kappa shape index (κ3) is 1.71. The average molecular weight is 257 g/mol. The van der Waals surface area contributed by atoms with Gasteiger partial charge in [0.25, 0.3) is 0 Å². The van der Waals surface area contributed by atoms with Crippen LogP contribution in [0.1, 0.15) is 37.7 Å².